The fraction of sp³-hybridized carbons (Fsp3) is 0.467. The monoisotopic (exact) mass is 295 g/mol. The number of ether oxygens (including phenoxy) is 1. The molecule has 1 heterocycles. The average molecular weight is 295 g/mol. The molecular formula is C15H18FNO4. The van der Waals surface area contributed by atoms with Crippen molar-refractivity contribution in [1.82, 2.24) is 4.90 Å². The highest BCUT2D eigenvalue weighted by atomic mass is 19.1. The Kier molecular flexibility index (Phi) is 4.77. The Morgan fingerprint density at radius 2 is 2.24 bits per heavy atom. The summed E-state index contributed by atoms with van der Waals surface area (Å²) in [5.41, 5.74) is 0.688. The van der Waals surface area contributed by atoms with Crippen LogP contribution in [0.3, 0.4) is 0 Å². The van der Waals surface area contributed by atoms with Crippen LogP contribution in [0.25, 0.3) is 0 Å². The van der Waals surface area contributed by atoms with Crippen molar-refractivity contribution in [2.45, 2.75) is 31.7 Å². The number of benzene rings is 1. The highest BCUT2D eigenvalue weighted by Gasteiger charge is 2.33. The van der Waals surface area contributed by atoms with Gasteiger partial charge in [-0.2, -0.15) is 0 Å². The molecule has 1 amide bonds. The molecule has 1 saturated heterocycles. The first kappa shape index (κ1) is 15.3. The third kappa shape index (κ3) is 3.51. The van der Waals surface area contributed by atoms with Crippen LogP contribution in [0.4, 0.5) is 4.39 Å². The van der Waals surface area contributed by atoms with Crippen molar-refractivity contribution >= 4 is 11.9 Å². The van der Waals surface area contributed by atoms with Crippen LogP contribution in [-0.4, -0.2) is 41.6 Å². The predicted molar refractivity (Wildman–Crippen MR) is 73.6 cm³/mol. The van der Waals surface area contributed by atoms with E-state index in [-0.39, 0.29) is 18.1 Å². The second-order valence-corrected chi connectivity index (χ2v) is 5.05. The molecule has 1 aromatic carbocycles. The lowest BCUT2D eigenvalue weighted by Crippen LogP contribution is -2.40. The van der Waals surface area contributed by atoms with Gasteiger partial charge in [-0.1, -0.05) is 6.07 Å². The number of rotatable bonds is 5. The van der Waals surface area contributed by atoms with Gasteiger partial charge < -0.3 is 14.7 Å². The lowest BCUT2D eigenvalue weighted by atomic mass is 10.1. The number of aliphatic carboxylic acids is 1. The van der Waals surface area contributed by atoms with Gasteiger partial charge in [0.1, 0.15) is 6.04 Å². The van der Waals surface area contributed by atoms with E-state index in [9.17, 15) is 14.0 Å². The van der Waals surface area contributed by atoms with Gasteiger partial charge in [-0.3, -0.25) is 4.79 Å². The smallest absolute Gasteiger partial charge is 0.326 e. The van der Waals surface area contributed by atoms with Crippen LogP contribution in [0.1, 0.15) is 24.8 Å². The summed E-state index contributed by atoms with van der Waals surface area (Å²) in [6.07, 6.45) is 1.76. The Bertz CT molecular complexity index is 546. The number of carboxylic acid groups (broad SMARTS) is 1. The molecular weight excluding hydrogens is 277 g/mol. The van der Waals surface area contributed by atoms with Crippen LogP contribution >= 0.6 is 0 Å². The van der Waals surface area contributed by atoms with Gasteiger partial charge in [0.25, 0.3) is 0 Å². The van der Waals surface area contributed by atoms with E-state index in [1.807, 2.05) is 0 Å². The predicted octanol–water partition coefficient (Wildman–Crippen LogP) is 1.84. The van der Waals surface area contributed by atoms with Gasteiger partial charge in [0, 0.05) is 13.0 Å². The van der Waals surface area contributed by atoms with E-state index >= 15 is 0 Å². The van der Waals surface area contributed by atoms with Gasteiger partial charge in [0.2, 0.25) is 5.91 Å². The molecule has 1 aliphatic rings. The summed E-state index contributed by atoms with van der Waals surface area (Å²) < 4.78 is 18.4. The fourth-order valence-corrected chi connectivity index (χ4v) is 2.58. The van der Waals surface area contributed by atoms with Crippen molar-refractivity contribution < 1.29 is 23.8 Å². The van der Waals surface area contributed by atoms with E-state index in [0.717, 1.165) is 0 Å². The van der Waals surface area contributed by atoms with Gasteiger partial charge >= 0.3 is 5.97 Å². The maximum Gasteiger partial charge on any atom is 0.326 e. The molecule has 6 heteroatoms. The van der Waals surface area contributed by atoms with Crippen molar-refractivity contribution in [3.63, 3.8) is 0 Å². The van der Waals surface area contributed by atoms with E-state index < -0.39 is 17.8 Å². The Morgan fingerprint density at radius 3 is 2.86 bits per heavy atom. The van der Waals surface area contributed by atoms with E-state index in [0.29, 0.717) is 31.4 Å². The topological polar surface area (TPSA) is 66.8 Å². The fourth-order valence-electron chi connectivity index (χ4n) is 2.58. The summed E-state index contributed by atoms with van der Waals surface area (Å²) in [5, 5.41) is 9.05. The van der Waals surface area contributed by atoms with Crippen molar-refractivity contribution in [1.29, 1.82) is 0 Å². The van der Waals surface area contributed by atoms with Crippen LogP contribution in [0.15, 0.2) is 18.2 Å². The summed E-state index contributed by atoms with van der Waals surface area (Å²) in [4.78, 5) is 24.5. The molecule has 0 aliphatic carbocycles. The number of amides is 1. The summed E-state index contributed by atoms with van der Waals surface area (Å²) in [7, 11) is 1.39. The van der Waals surface area contributed by atoms with Crippen LogP contribution in [0, 0.1) is 5.82 Å². The second-order valence-electron chi connectivity index (χ2n) is 5.05. The third-order valence-corrected chi connectivity index (χ3v) is 3.70. The number of likely N-dealkylation sites (tertiary alicyclic amines) is 1. The molecule has 0 radical (unpaired) electrons. The molecule has 1 N–H and O–H groups in total. The highest BCUT2D eigenvalue weighted by Crippen LogP contribution is 2.21. The lowest BCUT2D eigenvalue weighted by Gasteiger charge is -2.21. The van der Waals surface area contributed by atoms with Gasteiger partial charge in [0.15, 0.2) is 11.6 Å². The number of carboxylic acids is 1. The number of halogens is 1. The number of aryl methyl sites for hydroxylation is 1. The number of methoxy groups -OCH3 is 1. The van der Waals surface area contributed by atoms with Crippen LogP contribution in [0.5, 0.6) is 5.75 Å². The third-order valence-electron chi connectivity index (χ3n) is 3.70. The second kappa shape index (κ2) is 6.56. The Balaban J connectivity index is 1.95. The van der Waals surface area contributed by atoms with Gasteiger partial charge in [0.05, 0.1) is 7.11 Å². The molecule has 0 spiro atoms. The van der Waals surface area contributed by atoms with Crippen LogP contribution in [0.2, 0.25) is 0 Å². The Morgan fingerprint density at radius 1 is 1.48 bits per heavy atom. The molecule has 1 unspecified atom stereocenters. The minimum Gasteiger partial charge on any atom is -0.494 e. The minimum absolute atomic E-state index is 0.163. The molecule has 2 rings (SSSR count). The molecule has 0 bridgehead atoms. The molecule has 114 valence electrons. The zero-order valence-corrected chi connectivity index (χ0v) is 11.8. The first-order valence-corrected chi connectivity index (χ1v) is 6.87. The molecule has 1 fully saturated rings. The summed E-state index contributed by atoms with van der Waals surface area (Å²) >= 11 is 0. The molecule has 1 aromatic rings. The number of carbonyl (C=O) groups excluding carboxylic acids is 1. The minimum atomic E-state index is -0.962. The number of carbonyl (C=O) groups is 2. The summed E-state index contributed by atoms with van der Waals surface area (Å²) in [6, 6.07) is 3.84. The zero-order valence-electron chi connectivity index (χ0n) is 11.8. The zero-order chi connectivity index (χ0) is 15.4. The van der Waals surface area contributed by atoms with Crippen LogP contribution in [-0.2, 0) is 16.0 Å². The van der Waals surface area contributed by atoms with Gasteiger partial charge in [-0.25, -0.2) is 9.18 Å². The molecule has 5 nitrogen and oxygen atoms in total. The normalized spacial score (nSPS) is 17.8. The van der Waals surface area contributed by atoms with Crippen molar-refractivity contribution in [3.8, 4) is 5.75 Å². The summed E-state index contributed by atoms with van der Waals surface area (Å²) in [6.45, 7) is 0.479. The SMILES string of the molecule is COc1ccc(CCC(=O)N2CCCC2C(=O)O)cc1F. The number of hydrogen-bond acceptors (Lipinski definition) is 3. The largest absolute Gasteiger partial charge is 0.494 e. The number of nitrogens with zero attached hydrogens (tertiary/aromatic N) is 1. The number of hydrogen-bond donors (Lipinski definition) is 1. The van der Waals surface area contributed by atoms with E-state index in [2.05, 4.69) is 0 Å². The maximum atomic E-state index is 13.5. The van der Waals surface area contributed by atoms with Crippen molar-refractivity contribution in [2.75, 3.05) is 13.7 Å². The van der Waals surface area contributed by atoms with E-state index in [1.54, 1.807) is 6.07 Å². The van der Waals surface area contributed by atoms with Crippen molar-refractivity contribution in [2.24, 2.45) is 0 Å². The molecule has 21 heavy (non-hydrogen) atoms. The lowest BCUT2D eigenvalue weighted by molar-refractivity contribution is -0.148. The standard InChI is InChI=1S/C15H18FNO4/c1-21-13-6-4-10(9-11(13)16)5-7-14(18)17-8-2-3-12(17)15(19)20/h4,6,9,12H,2-3,5,7-8H2,1H3,(H,19,20). The van der Waals surface area contributed by atoms with E-state index in [1.165, 1.54) is 24.1 Å². The molecule has 1 aliphatic heterocycles. The van der Waals surface area contributed by atoms with E-state index in [4.69, 9.17) is 9.84 Å². The Labute approximate surface area is 122 Å². The maximum absolute atomic E-state index is 13.5. The Hall–Kier alpha value is -2.11. The average Bonchev–Trinajstić information content (AvgIpc) is 2.94. The quantitative estimate of drug-likeness (QED) is 0.900. The van der Waals surface area contributed by atoms with Crippen LogP contribution < -0.4 is 4.74 Å². The highest BCUT2D eigenvalue weighted by molar-refractivity contribution is 5.84. The molecule has 1 atom stereocenters. The van der Waals surface area contributed by atoms with Gasteiger partial charge in [-0.05, 0) is 37.0 Å². The first-order valence-electron chi connectivity index (χ1n) is 6.87. The molecule has 0 saturated carbocycles. The molecule has 0 aromatic heterocycles. The van der Waals surface area contributed by atoms with Crippen molar-refractivity contribution in [3.05, 3.63) is 29.6 Å². The first-order chi connectivity index (χ1) is 10.0. The summed E-state index contributed by atoms with van der Waals surface area (Å²) in [5.74, 6) is -1.46. The van der Waals surface area contributed by atoms with Gasteiger partial charge in [-0.15, -0.1) is 0 Å².